The normalized spacial score (nSPS) is 18.8. The van der Waals surface area contributed by atoms with Crippen LogP contribution in [0.3, 0.4) is 0 Å². The zero-order valence-electron chi connectivity index (χ0n) is 21.7. The summed E-state index contributed by atoms with van der Waals surface area (Å²) in [4.78, 5) is 13.4. The molecule has 1 aliphatic carbocycles. The quantitative estimate of drug-likeness (QED) is 0.472. The smallest absolute Gasteiger partial charge is 0.202 e. The number of fused-ring (bicyclic) bond motifs is 2. The first kappa shape index (κ1) is 25.5. The van der Waals surface area contributed by atoms with Crippen LogP contribution in [-0.4, -0.2) is 52.5 Å². The van der Waals surface area contributed by atoms with Crippen LogP contribution in [0.15, 0.2) is 65.0 Å². The minimum Gasteiger partial charge on any atom is -0.545 e. The Bertz CT molecular complexity index is 1450. The van der Waals surface area contributed by atoms with E-state index in [1.54, 1.807) is 0 Å². The zero-order valence-corrected chi connectivity index (χ0v) is 22.7. The second-order valence-electron chi connectivity index (χ2n) is 9.94. The number of allylic oxidation sites excluding steroid dienone is 5. The topological polar surface area (TPSA) is 46.4 Å². The number of carboxylic acids is 1. The molecule has 0 N–H and O–H groups in total. The van der Waals surface area contributed by atoms with E-state index in [1.807, 2.05) is 81.5 Å². The van der Waals surface area contributed by atoms with E-state index in [9.17, 15) is 9.90 Å². The molecule has 2 aromatic rings. The highest BCUT2D eigenvalue weighted by atomic mass is 28.3. The summed E-state index contributed by atoms with van der Waals surface area (Å²) in [7, 11) is 5.28. The maximum atomic E-state index is 15.6. The van der Waals surface area contributed by atoms with Gasteiger partial charge in [0.2, 0.25) is 5.71 Å². The number of halogens is 2. The minimum atomic E-state index is -2.59. The summed E-state index contributed by atoms with van der Waals surface area (Å²) in [6.07, 6.45) is 3.88. The summed E-state index contributed by atoms with van der Waals surface area (Å²) in [5.74, 6) is -3.50. The predicted molar refractivity (Wildman–Crippen MR) is 143 cm³/mol. The van der Waals surface area contributed by atoms with Crippen molar-refractivity contribution in [2.45, 2.75) is 20.4 Å². The highest BCUT2D eigenvalue weighted by Gasteiger charge is 2.45. The fourth-order valence-corrected chi connectivity index (χ4v) is 9.81. The number of aromatic carboxylic acids is 1. The van der Waals surface area contributed by atoms with Crippen molar-refractivity contribution in [2.75, 3.05) is 33.1 Å². The molecular weight excluding hydrogens is 474 g/mol. The Morgan fingerprint density at radius 3 is 2.22 bits per heavy atom. The Hall–Kier alpha value is -3.58. The van der Waals surface area contributed by atoms with Gasteiger partial charge in [-0.05, 0) is 65.2 Å². The van der Waals surface area contributed by atoms with E-state index in [-0.39, 0.29) is 5.56 Å². The molecule has 1 atom stereocenters. The van der Waals surface area contributed by atoms with Gasteiger partial charge in [-0.15, -0.1) is 6.58 Å². The molecule has 0 fully saturated rings. The van der Waals surface area contributed by atoms with E-state index < -0.39 is 31.2 Å². The third-order valence-corrected chi connectivity index (χ3v) is 11.5. The van der Waals surface area contributed by atoms with E-state index in [2.05, 4.69) is 13.1 Å². The summed E-state index contributed by atoms with van der Waals surface area (Å²) >= 11 is 0. The highest BCUT2D eigenvalue weighted by Crippen LogP contribution is 2.46. The molecule has 1 heterocycles. The molecule has 1 aliphatic heterocycles. The number of nitrogens with zero attached hydrogens (tertiary/aromatic N) is 2. The van der Waals surface area contributed by atoms with Crippen molar-refractivity contribution in [3.8, 4) is 0 Å². The van der Waals surface area contributed by atoms with Crippen LogP contribution < -0.4 is 15.2 Å². The Kier molecular flexibility index (Phi) is 6.25. The lowest BCUT2D eigenvalue weighted by Gasteiger charge is -2.41. The second kappa shape index (κ2) is 8.82. The number of carboxylic acid groups (broad SMARTS) is 1. The van der Waals surface area contributed by atoms with Crippen molar-refractivity contribution < 1.29 is 23.3 Å². The Morgan fingerprint density at radius 2 is 1.72 bits per heavy atom. The molecule has 4 rings (SSSR count). The van der Waals surface area contributed by atoms with Gasteiger partial charge in [-0.25, -0.2) is 13.4 Å². The van der Waals surface area contributed by atoms with E-state index in [0.29, 0.717) is 5.57 Å². The van der Waals surface area contributed by atoms with Gasteiger partial charge in [0.1, 0.15) is 33.8 Å². The van der Waals surface area contributed by atoms with Crippen LogP contribution in [0.5, 0.6) is 0 Å². The van der Waals surface area contributed by atoms with Gasteiger partial charge in [0.05, 0.1) is 11.5 Å². The molecule has 4 nitrogen and oxygen atoms in total. The van der Waals surface area contributed by atoms with Crippen LogP contribution >= 0.6 is 0 Å². The molecule has 0 spiro atoms. The number of hydrogen-bond acceptors (Lipinski definition) is 3. The number of rotatable bonds is 4. The first-order chi connectivity index (χ1) is 16.8. The number of carbonyl (C=O) groups excluding carboxylic acids is 1. The highest BCUT2D eigenvalue weighted by molar-refractivity contribution is 7.03. The summed E-state index contributed by atoms with van der Waals surface area (Å²) in [6, 6.07) is 5.55. The predicted octanol–water partition coefficient (Wildman–Crippen LogP) is 3.67. The largest absolute Gasteiger partial charge is 0.545 e. The van der Waals surface area contributed by atoms with Gasteiger partial charge in [-0.3, -0.25) is 0 Å². The molecular formula is C29H30F2N2O2Si. The lowest BCUT2D eigenvalue weighted by atomic mass is 9.86. The molecule has 0 saturated heterocycles. The summed E-state index contributed by atoms with van der Waals surface area (Å²) < 4.78 is 33.1. The van der Waals surface area contributed by atoms with Crippen LogP contribution in [0, 0.1) is 18.6 Å². The number of hydrogen-bond donors (Lipinski definition) is 0. The summed E-state index contributed by atoms with van der Waals surface area (Å²) in [6.45, 7) is 10.6. The summed E-state index contributed by atoms with van der Waals surface area (Å²) in [5, 5.41) is 13.4. The second-order valence-corrected chi connectivity index (χ2v) is 13.8. The Balaban J connectivity index is 2.25. The SMILES string of the molecule is C=C[Si]1(C)C2=C(C)C(=[N+](C)C)C=CC2=C(c2c(F)cc(C(=O)[O-])cc2F)c2ccc(N(C)C)c(C)c21. The molecule has 2 aromatic carbocycles. The van der Waals surface area contributed by atoms with Crippen LogP contribution in [0.2, 0.25) is 6.55 Å². The van der Waals surface area contributed by atoms with Crippen molar-refractivity contribution in [3.05, 3.63) is 98.9 Å². The van der Waals surface area contributed by atoms with Crippen LogP contribution in [-0.2, 0) is 0 Å². The zero-order chi connectivity index (χ0) is 26.7. The van der Waals surface area contributed by atoms with Gasteiger partial charge in [0.25, 0.3) is 0 Å². The van der Waals surface area contributed by atoms with Gasteiger partial charge in [0, 0.05) is 42.6 Å². The van der Waals surface area contributed by atoms with Crippen molar-refractivity contribution in [2.24, 2.45) is 0 Å². The van der Waals surface area contributed by atoms with Gasteiger partial charge in [0.15, 0.2) is 0 Å². The maximum absolute atomic E-state index is 15.6. The molecule has 36 heavy (non-hydrogen) atoms. The number of carbonyl (C=O) groups is 1. The van der Waals surface area contributed by atoms with Crippen molar-refractivity contribution in [1.29, 1.82) is 0 Å². The molecule has 0 amide bonds. The monoisotopic (exact) mass is 504 g/mol. The Labute approximate surface area is 211 Å². The molecule has 0 saturated carbocycles. The van der Waals surface area contributed by atoms with Gasteiger partial charge in [-0.1, -0.05) is 18.3 Å². The first-order valence-corrected chi connectivity index (χ1v) is 14.3. The average molecular weight is 505 g/mol. The molecule has 0 aromatic heterocycles. The van der Waals surface area contributed by atoms with E-state index in [1.165, 1.54) is 0 Å². The third-order valence-electron chi connectivity index (χ3n) is 7.35. The van der Waals surface area contributed by atoms with E-state index >= 15 is 8.78 Å². The minimum absolute atomic E-state index is 0.239. The van der Waals surface area contributed by atoms with Crippen LogP contribution in [0.1, 0.15) is 34.0 Å². The maximum Gasteiger partial charge on any atom is 0.202 e. The number of benzene rings is 2. The molecule has 1 unspecified atom stereocenters. The lowest BCUT2D eigenvalue weighted by Crippen LogP contribution is -2.53. The first-order valence-electron chi connectivity index (χ1n) is 11.7. The van der Waals surface area contributed by atoms with Crippen molar-refractivity contribution in [1.82, 2.24) is 0 Å². The van der Waals surface area contributed by atoms with Gasteiger partial charge < -0.3 is 14.8 Å². The molecule has 0 radical (unpaired) electrons. The van der Waals surface area contributed by atoms with Crippen molar-refractivity contribution in [3.63, 3.8) is 0 Å². The third kappa shape index (κ3) is 3.61. The Morgan fingerprint density at radius 1 is 1.11 bits per heavy atom. The van der Waals surface area contributed by atoms with Crippen LogP contribution in [0.25, 0.3) is 5.57 Å². The fraction of sp³-hybridized carbons (Fsp3) is 0.241. The van der Waals surface area contributed by atoms with E-state index in [0.717, 1.165) is 56.2 Å². The molecule has 2 aliphatic rings. The molecule has 186 valence electrons. The van der Waals surface area contributed by atoms with Crippen LogP contribution in [0.4, 0.5) is 14.5 Å². The van der Waals surface area contributed by atoms with Gasteiger partial charge in [-0.2, -0.15) is 0 Å². The van der Waals surface area contributed by atoms with Crippen molar-refractivity contribution >= 4 is 36.2 Å². The van der Waals surface area contributed by atoms with Gasteiger partial charge >= 0.3 is 0 Å². The summed E-state index contributed by atoms with van der Waals surface area (Å²) in [5.41, 5.74) is 7.30. The molecule has 0 bridgehead atoms. The van der Waals surface area contributed by atoms with E-state index in [4.69, 9.17) is 0 Å². The molecule has 7 heteroatoms. The lowest BCUT2D eigenvalue weighted by molar-refractivity contribution is -0.463. The standard InChI is InChI=1S/C29H30F2N2O2Si/c1-9-36(8)27-16(2)23(32(4)5)12-10-19(27)25(20-11-13-24(33(6)7)17(3)28(20)36)26-21(30)14-18(29(34)35)15-22(26)31/h9-15H,1H2,2-8H3. The average Bonchev–Trinajstić information content (AvgIpc) is 2.79. The fourth-order valence-electron chi connectivity index (χ4n) is 5.80. The number of anilines is 1.